The van der Waals surface area contributed by atoms with Crippen LogP contribution in [0.1, 0.15) is 23.4 Å². The summed E-state index contributed by atoms with van der Waals surface area (Å²) in [5.74, 6) is 0.272. The molecule has 1 saturated carbocycles. The fourth-order valence-electron chi connectivity index (χ4n) is 1.06. The highest BCUT2D eigenvalue weighted by Crippen LogP contribution is 2.32. The Morgan fingerprint density at radius 2 is 2.25 bits per heavy atom. The van der Waals surface area contributed by atoms with Crippen LogP contribution >= 0.6 is 0 Å². The molecule has 3 heteroatoms. The highest BCUT2D eigenvalue weighted by molar-refractivity contribution is 5.96. The minimum atomic E-state index is -0.176. The third-order valence-corrected chi connectivity index (χ3v) is 1.89. The molecule has 1 heterocycles. The van der Waals surface area contributed by atoms with Gasteiger partial charge in [0.25, 0.3) is 0 Å². The Hall–Kier alpha value is -1.38. The van der Waals surface area contributed by atoms with Gasteiger partial charge in [-0.25, -0.2) is 0 Å². The molecule has 1 aromatic rings. The monoisotopic (exact) mass is 164 g/mol. The van der Waals surface area contributed by atoms with E-state index in [1.54, 1.807) is 0 Å². The third kappa shape index (κ3) is 1.30. The second-order valence-electron chi connectivity index (χ2n) is 2.97. The van der Waals surface area contributed by atoms with Gasteiger partial charge in [-0.15, -0.1) is 0 Å². The number of Topliss-reactive ketones (excluding diaryl/α,β-unsaturated/α-hetero) is 1. The fourth-order valence-corrected chi connectivity index (χ4v) is 1.06. The summed E-state index contributed by atoms with van der Waals surface area (Å²) in [6.07, 6.45) is 3.12. The van der Waals surface area contributed by atoms with Crippen molar-refractivity contribution < 1.29 is 9.21 Å². The van der Waals surface area contributed by atoms with Crippen LogP contribution in [0.2, 0.25) is 0 Å². The van der Waals surface area contributed by atoms with Crippen LogP contribution in [0.5, 0.6) is 0 Å². The van der Waals surface area contributed by atoms with Crippen LogP contribution in [0.15, 0.2) is 27.6 Å². The quantitative estimate of drug-likeness (QED) is 0.617. The second kappa shape index (κ2) is 2.59. The predicted molar refractivity (Wildman–Crippen MR) is 42.0 cm³/mol. The summed E-state index contributed by atoms with van der Waals surface area (Å²) >= 11 is 0. The van der Waals surface area contributed by atoms with E-state index in [0.29, 0.717) is 0 Å². The van der Waals surface area contributed by atoms with Gasteiger partial charge in [-0.1, -0.05) is 0 Å². The number of ketones is 1. The molecule has 2 rings (SSSR count). The number of carbonyl (C=O) groups is 1. The topological polar surface area (TPSA) is 47.3 Å². The van der Waals surface area contributed by atoms with Gasteiger partial charge in [0.1, 0.15) is 0 Å². The molecule has 0 aromatic carbocycles. The summed E-state index contributed by atoms with van der Waals surface area (Å²) in [4.78, 5) is 22.2. The van der Waals surface area contributed by atoms with Gasteiger partial charge in [0.05, 0.1) is 6.26 Å². The Labute approximate surface area is 69.0 Å². The highest BCUT2D eigenvalue weighted by Gasteiger charge is 2.31. The molecule has 0 N–H and O–H groups in total. The maximum absolute atomic E-state index is 11.3. The molecule has 1 aromatic heterocycles. The van der Waals surface area contributed by atoms with Crippen molar-refractivity contribution >= 4 is 5.78 Å². The smallest absolute Gasteiger partial charge is 0.201 e. The van der Waals surface area contributed by atoms with Crippen molar-refractivity contribution in [2.24, 2.45) is 5.92 Å². The summed E-state index contributed by atoms with van der Waals surface area (Å²) in [6.45, 7) is 0. The van der Waals surface area contributed by atoms with E-state index in [9.17, 15) is 9.59 Å². The SMILES string of the molecule is O=C(c1cc(=O)cco1)C1CC1. The first-order chi connectivity index (χ1) is 5.77. The Balaban J connectivity index is 2.32. The van der Waals surface area contributed by atoms with E-state index in [0.717, 1.165) is 12.8 Å². The zero-order valence-electron chi connectivity index (χ0n) is 6.45. The molecule has 0 aliphatic heterocycles. The number of hydrogen-bond donors (Lipinski definition) is 0. The van der Waals surface area contributed by atoms with Crippen LogP contribution in [-0.2, 0) is 0 Å². The number of carbonyl (C=O) groups excluding carboxylic acids is 1. The normalized spacial score (nSPS) is 16.0. The van der Waals surface area contributed by atoms with E-state index in [1.807, 2.05) is 0 Å². The predicted octanol–water partition coefficient (Wildman–Crippen LogP) is 1.23. The Morgan fingerprint density at radius 3 is 2.83 bits per heavy atom. The summed E-state index contributed by atoms with van der Waals surface area (Å²) in [5, 5.41) is 0. The van der Waals surface area contributed by atoms with Gasteiger partial charge >= 0.3 is 0 Å². The highest BCUT2D eigenvalue weighted by atomic mass is 16.3. The van der Waals surface area contributed by atoms with Gasteiger partial charge in [0.15, 0.2) is 11.2 Å². The molecular weight excluding hydrogens is 156 g/mol. The fraction of sp³-hybridized carbons (Fsp3) is 0.333. The lowest BCUT2D eigenvalue weighted by molar-refractivity contribution is 0.0938. The van der Waals surface area contributed by atoms with Gasteiger partial charge < -0.3 is 4.42 Å². The summed E-state index contributed by atoms with van der Waals surface area (Å²) in [5.41, 5.74) is -0.176. The van der Waals surface area contributed by atoms with Crippen molar-refractivity contribution in [2.45, 2.75) is 12.8 Å². The maximum atomic E-state index is 11.3. The van der Waals surface area contributed by atoms with Crippen LogP contribution in [0, 0.1) is 5.92 Å². The van der Waals surface area contributed by atoms with E-state index < -0.39 is 0 Å². The first-order valence-electron chi connectivity index (χ1n) is 3.90. The first kappa shape index (κ1) is 7.28. The maximum Gasteiger partial charge on any atom is 0.201 e. The largest absolute Gasteiger partial charge is 0.461 e. The zero-order valence-corrected chi connectivity index (χ0v) is 6.45. The molecular formula is C9H8O3. The molecule has 3 nitrogen and oxygen atoms in total. The van der Waals surface area contributed by atoms with Crippen LogP contribution < -0.4 is 5.43 Å². The van der Waals surface area contributed by atoms with Crippen molar-refractivity contribution in [1.29, 1.82) is 0 Å². The van der Waals surface area contributed by atoms with Crippen LogP contribution in [0.25, 0.3) is 0 Å². The van der Waals surface area contributed by atoms with Crippen molar-refractivity contribution in [3.8, 4) is 0 Å². The molecule has 0 unspecified atom stereocenters. The Morgan fingerprint density at radius 1 is 1.50 bits per heavy atom. The lowest BCUT2D eigenvalue weighted by atomic mass is 10.2. The van der Waals surface area contributed by atoms with Crippen molar-refractivity contribution in [1.82, 2.24) is 0 Å². The first-order valence-corrected chi connectivity index (χ1v) is 3.90. The molecule has 12 heavy (non-hydrogen) atoms. The molecule has 1 aliphatic carbocycles. The van der Waals surface area contributed by atoms with Gasteiger partial charge in [-0.2, -0.15) is 0 Å². The Kier molecular flexibility index (Phi) is 1.57. The molecule has 1 aliphatic rings. The minimum absolute atomic E-state index is 0.0345. The second-order valence-corrected chi connectivity index (χ2v) is 2.97. The van der Waals surface area contributed by atoms with Crippen molar-refractivity contribution in [3.05, 3.63) is 34.4 Å². The van der Waals surface area contributed by atoms with Gasteiger partial charge in [-0.05, 0) is 12.8 Å². The standard InChI is InChI=1S/C9H8O3/c10-7-3-4-12-8(5-7)9(11)6-1-2-6/h3-6H,1-2H2. The average Bonchev–Trinajstić information content (AvgIpc) is 2.85. The van der Waals surface area contributed by atoms with E-state index in [2.05, 4.69) is 0 Å². The van der Waals surface area contributed by atoms with Crippen molar-refractivity contribution in [3.63, 3.8) is 0 Å². The summed E-state index contributed by atoms with van der Waals surface area (Å²) in [7, 11) is 0. The number of hydrogen-bond acceptors (Lipinski definition) is 3. The van der Waals surface area contributed by atoms with E-state index in [1.165, 1.54) is 18.4 Å². The summed E-state index contributed by atoms with van der Waals surface area (Å²) in [6, 6.07) is 2.55. The minimum Gasteiger partial charge on any atom is -0.461 e. The molecule has 0 bridgehead atoms. The van der Waals surface area contributed by atoms with E-state index >= 15 is 0 Å². The molecule has 0 amide bonds. The van der Waals surface area contributed by atoms with Crippen molar-refractivity contribution in [2.75, 3.05) is 0 Å². The average molecular weight is 164 g/mol. The number of rotatable bonds is 2. The van der Waals surface area contributed by atoms with E-state index in [-0.39, 0.29) is 22.9 Å². The molecule has 0 saturated heterocycles. The molecule has 1 fully saturated rings. The van der Waals surface area contributed by atoms with Gasteiger partial charge in [-0.3, -0.25) is 9.59 Å². The molecule has 62 valence electrons. The summed E-state index contributed by atoms with van der Waals surface area (Å²) < 4.78 is 4.92. The Bertz CT molecular complexity index is 360. The van der Waals surface area contributed by atoms with Crippen LogP contribution in [-0.4, -0.2) is 5.78 Å². The zero-order chi connectivity index (χ0) is 8.55. The lowest BCUT2D eigenvalue weighted by Crippen LogP contribution is -2.06. The van der Waals surface area contributed by atoms with Gasteiger partial charge in [0, 0.05) is 18.1 Å². The molecule has 0 atom stereocenters. The van der Waals surface area contributed by atoms with Crippen LogP contribution in [0.4, 0.5) is 0 Å². The molecule has 0 radical (unpaired) electrons. The third-order valence-electron chi connectivity index (χ3n) is 1.89. The lowest BCUT2D eigenvalue weighted by Gasteiger charge is -1.94. The van der Waals surface area contributed by atoms with E-state index in [4.69, 9.17) is 4.42 Å². The van der Waals surface area contributed by atoms with Crippen LogP contribution in [0.3, 0.4) is 0 Å². The van der Waals surface area contributed by atoms with Gasteiger partial charge in [0.2, 0.25) is 5.78 Å². The molecule has 0 spiro atoms.